The third-order valence-corrected chi connectivity index (χ3v) is 3.19. The van der Waals surface area contributed by atoms with Gasteiger partial charge in [-0.25, -0.2) is 4.68 Å². The Morgan fingerprint density at radius 1 is 1.64 bits per heavy atom. The van der Waals surface area contributed by atoms with Crippen molar-refractivity contribution < 1.29 is 0 Å². The van der Waals surface area contributed by atoms with E-state index in [9.17, 15) is 0 Å². The quantitative estimate of drug-likeness (QED) is 0.804. The molecule has 0 aliphatic rings. The molecule has 2 aromatic rings. The lowest BCUT2D eigenvalue weighted by Crippen LogP contribution is -1.97. The molecule has 2 rings (SSSR count). The van der Waals surface area contributed by atoms with Crippen molar-refractivity contribution in [2.45, 2.75) is 18.3 Å². The highest BCUT2D eigenvalue weighted by molar-refractivity contribution is 9.09. The zero-order chi connectivity index (χ0) is 9.97. The highest BCUT2D eigenvalue weighted by atomic mass is 79.9. The first-order valence-electron chi connectivity index (χ1n) is 4.32. The standard InChI is InChI=1S/C9H10BrN3S/c1-7(10)9-6-13(12-11-9)5-8-3-2-4-14-8/h2-4,6-7H,5H2,1H3. The van der Waals surface area contributed by atoms with Gasteiger partial charge >= 0.3 is 0 Å². The average molecular weight is 272 g/mol. The van der Waals surface area contributed by atoms with Gasteiger partial charge in [-0.05, 0) is 18.4 Å². The molecule has 0 fully saturated rings. The van der Waals surface area contributed by atoms with Crippen molar-refractivity contribution in [1.82, 2.24) is 15.0 Å². The van der Waals surface area contributed by atoms with Crippen LogP contribution in [-0.4, -0.2) is 15.0 Å². The molecule has 74 valence electrons. The van der Waals surface area contributed by atoms with Gasteiger partial charge in [0.1, 0.15) is 0 Å². The predicted molar refractivity (Wildman–Crippen MR) is 60.8 cm³/mol. The summed E-state index contributed by atoms with van der Waals surface area (Å²) in [5.74, 6) is 0. The van der Waals surface area contributed by atoms with Crippen molar-refractivity contribution in [2.75, 3.05) is 0 Å². The van der Waals surface area contributed by atoms with E-state index in [4.69, 9.17) is 0 Å². The second kappa shape index (κ2) is 4.23. The molecule has 0 bridgehead atoms. The van der Waals surface area contributed by atoms with E-state index >= 15 is 0 Å². The van der Waals surface area contributed by atoms with Crippen LogP contribution >= 0.6 is 27.3 Å². The van der Waals surface area contributed by atoms with Crippen molar-refractivity contribution in [3.8, 4) is 0 Å². The second-order valence-corrected chi connectivity index (χ2v) is 5.44. The van der Waals surface area contributed by atoms with Gasteiger partial charge in [0, 0.05) is 11.1 Å². The van der Waals surface area contributed by atoms with Gasteiger partial charge in [0.25, 0.3) is 0 Å². The molecule has 5 heteroatoms. The van der Waals surface area contributed by atoms with Crippen LogP contribution in [-0.2, 0) is 6.54 Å². The Morgan fingerprint density at radius 2 is 2.50 bits per heavy atom. The second-order valence-electron chi connectivity index (χ2n) is 3.04. The van der Waals surface area contributed by atoms with Gasteiger partial charge in [0.2, 0.25) is 0 Å². The first kappa shape index (κ1) is 9.86. The van der Waals surface area contributed by atoms with Crippen molar-refractivity contribution in [3.05, 3.63) is 34.3 Å². The summed E-state index contributed by atoms with van der Waals surface area (Å²) in [6.45, 7) is 2.85. The summed E-state index contributed by atoms with van der Waals surface area (Å²) in [5.41, 5.74) is 0.974. The summed E-state index contributed by atoms with van der Waals surface area (Å²) < 4.78 is 1.86. The maximum absolute atomic E-state index is 4.07. The zero-order valence-electron chi connectivity index (χ0n) is 7.72. The molecule has 2 heterocycles. The largest absolute Gasteiger partial charge is 0.247 e. The minimum atomic E-state index is 0.264. The van der Waals surface area contributed by atoms with E-state index in [-0.39, 0.29) is 4.83 Å². The first-order chi connectivity index (χ1) is 6.75. The van der Waals surface area contributed by atoms with Crippen molar-refractivity contribution in [3.63, 3.8) is 0 Å². The number of hydrogen-bond donors (Lipinski definition) is 0. The fraction of sp³-hybridized carbons (Fsp3) is 0.333. The maximum atomic E-state index is 4.07. The Balaban J connectivity index is 2.11. The Kier molecular flexibility index (Phi) is 2.98. The van der Waals surface area contributed by atoms with E-state index in [2.05, 4.69) is 37.7 Å². The molecule has 0 aromatic carbocycles. The lowest BCUT2D eigenvalue weighted by molar-refractivity contribution is 0.655. The van der Waals surface area contributed by atoms with E-state index in [1.807, 2.05) is 23.9 Å². The Morgan fingerprint density at radius 3 is 3.07 bits per heavy atom. The zero-order valence-corrected chi connectivity index (χ0v) is 10.1. The molecule has 0 N–H and O–H groups in total. The maximum Gasteiger partial charge on any atom is 0.0960 e. The van der Waals surface area contributed by atoms with E-state index in [0.29, 0.717) is 0 Å². The number of halogens is 1. The SMILES string of the molecule is CC(Br)c1cn(Cc2cccs2)nn1. The summed E-state index contributed by atoms with van der Waals surface area (Å²) in [5, 5.41) is 10.2. The number of thiophene rings is 1. The number of alkyl halides is 1. The van der Waals surface area contributed by atoms with Gasteiger partial charge in [0.05, 0.1) is 17.1 Å². The smallest absolute Gasteiger partial charge is 0.0960 e. The normalized spacial score (nSPS) is 13.0. The van der Waals surface area contributed by atoms with E-state index in [0.717, 1.165) is 12.2 Å². The summed E-state index contributed by atoms with van der Waals surface area (Å²) in [7, 11) is 0. The van der Waals surface area contributed by atoms with Crippen LogP contribution in [0.5, 0.6) is 0 Å². The van der Waals surface area contributed by atoms with Crippen molar-refractivity contribution >= 4 is 27.3 Å². The summed E-state index contributed by atoms with van der Waals surface area (Å²) in [4.78, 5) is 1.56. The van der Waals surface area contributed by atoms with Crippen LogP contribution in [0.4, 0.5) is 0 Å². The van der Waals surface area contributed by atoms with Crippen LogP contribution in [0.3, 0.4) is 0 Å². The van der Waals surface area contributed by atoms with Crippen LogP contribution < -0.4 is 0 Å². The lowest BCUT2D eigenvalue weighted by Gasteiger charge is -1.96. The molecule has 0 radical (unpaired) electrons. The molecule has 14 heavy (non-hydrogen) atoms. The van der Waals surface area contributed by atoms with E-state index in [1.54, 1.807) is 11.3 Å². The first-order valence-corrected chi connectivity index (χ1v) is 6.12. The van der Waals surface area contributed by atoms with Crippen LogP contribution in [0.15, 0.2) is 23.7 Å². The number of rotatable bonds is 3. The summed E-state index contributed by atoms with van der Waals surface area (Å²) >= 11 is 5.20. The molecule has 0 spiro atoms. The highest BCUT2D eigenvalue weighted by Crippen LogP contribution is 2.18. The van der Waals surface area contributed by atoms with Crippen LogP contribution in [0.2, 0.25) is 0 Å². The van der Waals surface area contributed by atoms with Gasteiger partial charge in [-0.2, -0.15) is 0 Å². The molecule has 0 aliphatic carbocycles. The molecular weight excluding hydrogens is 262 g/mol. The molecule has 0 saturated carbocycles. The fourth-order valence-electron chi connectivity index (χ4n) is 1.14. The average Bonchev–Trinajstić information content (AvgIpc) is 2.75. The number of aromatic nitrogens is 3. The number of nitrogens with zero attached hydrogens (tertiary/aromatic N) is 3. The van der Waals surface area contributed by atoms with Gasteiger partial charge in [-0.3, -0.25) is 0 Å². The topological polar surface area (TPSA) is 30.7 Å². The van der Waals surface area contributed by atoms with Gasteiger partial charge in [-0.15, -0.1) is 16.4 Å². The fourth-order valence-corrected chi connectivity index (χ4v) is 2.04. The van der Waals surface area contributed by atoms with E-state index < -0.39 is 0 Å². The predicted octanol–water partition coefficient (Wildman–Crippen LogP) is 2.84. The molecule has 1 atom stereocenters. The molecule has 0 saturated heterocycles. The third-order valence-electron chi connectivity index (χ3n) is 1.86. The molecular formula is C9H10BrN3S. The van der Waals surface area contributed by atoms with Crippen LogP contribution in [0.25, 0.3) is 0 Å². The lowest BCUT2D eigenvalue weighted by atomic mass is 10.4. The van der Waals surface area contributed by atoms with Crippen molar-refractivity contribution in [1.29, 1.82) is 0 Å². The van der Waals surface area contributed by atoms with Crippen LogP contribution in [0.1, 0.15) is 22.3 Å². The Bertz CT molecular complexity index is 394. The monoisotopic (exact) mass is 271 g/mol. The third kappa shape index (κ3) is 2.22. The summed E-state index contributed by atoms with van der Waals surface area (Å²) in [6, 6.07) is 4.15. The van der Waals surface area contributed by atoms with E-state index in [1.165, 1.54) is 4.88 Å². The van der Waals surface area contributed by atoms with Gasteiger partial charge < -0.3 is 0 Å². The molecule has 0 aliphatic heterocycles. The van der Waals surface area contributed by atoms with Crippen molar-refractivity contribution in [2.24, 2.45) is 0 Å². The minimum absolute atomic E-state index is 0.264. The van der Waals surface area contributed by atoms with Gasteiger partial charge in [-0.1, -0.05) is 27.2 Å². The minimum Gasteiger partial charge on any atom is -0.247 e. The Hall–Kier alpha value is -0.680. The van der Waals surface area contributed by atoms with Crippen LogP contribution in [0, 0.1) is 0 Å². The Labute approximate surface area is 94.9 Å². The van der Waals surface area contributed by atoms with Gasteiger partial charge in [0.15, 0.2) is 0 Å². The molecule has 0 amide bonds. The molecule has 2 aromatic heterocycles. The molecule has 1 unspecified atom stereocenters. The number of hydrogen-bond acceptors (Lipinski definition) is 3. The summed E-state index contributed by atoms with van der Waals surface area (Å²) in [6.07, 6.45) is 1.97. The molecule has 3 nitrogen and oxygen atoms in total. The highest BCUT2D eigenvalue weighted by Gasteiger charge is 2.06.